The predicted octanol–water partition coefficient (Wildman–Crippen LogP) is 3.18. The molecule has 0 unspecified atom stereocenters. The van der Waals surface area contributed by atoms with E-state index in [-0.39, 0.29) is 11.4 Å². The lowest BCUT2D eigenvalue weighted by molar-refractivity contribution is -0.121. The zero-order valence-electron chi connectivity index (χ0n) is 15.4. The molecule has 0 saturated heterocycles. The van der Waals surface area contributed by atoms with Crippen molar-refractivity contribution in [3.63, 3.8) is 0 Å². The summed E-state index contributed by atoms with van der Waals surface area (Å²) in [5.41, 5.74) is 4.31. The molecule has 3 rings (SSSR count). The van der Waals surface area contributed by atoms with E-state index in [1.807, 2.05) is 60.7 Å². The molecular formula is C21H21N3O3S. The second-order valence-electron chi connectivity index (χ2n) is 6.12. The molecule has 7 heteroatoms. The molecule has 28 heavy (non-hydrogen) atoms. The number of hydrazine groups is 1. The maximum absolute atomic E-state index is 12.6. The molecule has 0 atom stereocenters. The molecule has 6 nitrogen and oxygen atoms in total. The summed E-state index contributed by atoms with van der Waals surface area (Å²) in [4.78, 5) is 12.8. The van der Waals surface area contributed by atoms with E-state index in [9.17, 15) is 13.2 Å². The molecule has 0 aromatic heterocycles. The van der Waals surface area contributed by atoms with Crippen molar-refractivity contribution in [2.75, 3.05) is 18.6 Å². The minimum Gasteiger partial charge on any atom is -0.272 e. The molecule has 0 spiro atoms. The first kappa shape index (κ1) is 19.6. The first-order valence-electron chi connectivity index (χ1n) is 8.69. The van der Waals surface area contributed by atoms with E-state index in [0.29, 0.717) is 0 Å². The lowest BCUT2D eigenvalue weighted by Crippen LogP contribution is -2.45. The Kier molecular flexibility index (Phi) is 6.08. The summed E-state index contributed by atoms with van der Waals surface area (Å²) < 4.78 is 26.3. The highest BCUT2D eigenvalue weighted by atomic mass is 32.2. The van der Waals surface area contributed by atoms with Crippen LogP contribution < -0.4 is 10.4 Å². The summed E-state index contributed by atoms with van der Waals surface area (Å²) in [7, 11) is -2.36. The van der Waals surface area contributed by atoms with Crippen molar-refractivity contribution < 1.29 is 13.2 Å². The molecular weight excluding hydrogens is 374 g/mol. The number of benzene rings is 3. The molecule has 1 amide bonds. The SMILES string of the molecule is CN(CC(=O)NN(c1ccccc1)c1ccccc1)S(=O)(=O)c1ccccc1. The summed E-state index contributed by atoms with van der Waals surface area (Å²) in [5, 5.41) is 1.63. The number of likely N-dealkylation sites (N-methyl/N-ethyl adjacent to an activating group) is 1. The quantitative estimate of drug-likeness (QED) is 0.624. The molecule has 0 bridgehead atoms. The maximum Gasteiger partial charge on any atom is 0.254 e. The van der Waals surface area contributed by atoms with E-state index < -0.39 is 15.9 Å². The monoisotopic (exact) mass is 395 g/mol. The number of amides is 1. The van der Waals surface area contributed by atoms with Gasteiger partial charge in [0.15, 0.2) is 0 Å². The van der Waals surface area contributed by atoms with Gasteiger partial charge in [0, 0.05) is 7.05 Å². The van der Waals surface area contributed by atoms with Crippen LogP contribution in [0.5, 0.6) is 0 Å². The number of rotatable bonds is 7. The minimum atomic E-state index is -3.75. The van der Waals surface area contributed by atoms with E-state index >= 15 is 0 Å². The van der Waals surface area contributed by atoms with Gasteiger partial charge in [-0.05, 0) is 36.4 Å². The first-order valence-corrected chi connectivity index (χ1v) is 10.1. The van der Waals surface area contributed by atoms with Gasteiger partial charge in [-0.2, -0.15) is 4.31 Å². The van der Waals surface area contributed by atoms with Gasteiger partial charge in [-0.15, -0.1) is 0 Å². The molecule has 0 radical (unpaired) electrons. The van der Waals surface area contributed by atoms with E-state index in [1.165, 1.54) is 19.2 Å². The number of para-hydroxylation sites is 2. The van der Waals surface area contributed by atoms with Crippen molar-refractivity contribution in [2.45, 2.75) is 4.90 Å². The van der Waals surface area contributed by atoms with Gasteiger partial charge in [0.1, 0.15) is 0 Å². The smallest absolute Gasteiger partial charge is 0.254 e. The van der Waals surface area contributed by atoms with Gasteiger partial charge in [-0.25, -0.2) is 8.42 Å². The van der Waals surface area contributed by atoms with Crippen LogP contribution >= 0.6 is 0 Å². The lowest BCUT2D eigenvalue weighted by Gasteiger charge is -2.26. The van der Waals surface area contributed by atoms with E-state index in [1.54, 1.807) is 23.2 Å². The first-order chi connectivity index (χ1) is 13.5. The number of sulfonamides is 1. The van der Waals surface area contributed by atoms with Gasteiger partial charge in [-0.1, -0.05) is 54.6 Å². The Balaban J connectivity index is 1.77. The van der Waals surface area contributed by atoms with Crippen LogP contribution in [0.25, 0.3) is 0 Å². The molecule has 3 aromatic rings. The molecule has 0 aliphatic rings. The average molecular weight is 395 g/mol. The largest absolute Gasteiger partial charge is 0.272 e. The Labute approximate surface area is 165 Å². The predicted molar refractivity (Wildman–Crippen MR) is 109 cm³/mol. The molecule has 1 N–H and O–H groups in total. The number of carbonyl (C=O) groups excluding carboxylic acids is 1. The van der Waals surface area contributed by atoms with Crippen molar-refractivity contribution in [1.29, 1.82) is 0 Å². The Morgan fingerprint density at radius 2 is 1.21 bits per heavy atom. The number of hydrogen-bond donors (Lipinski definition) is 1. The maximum atomic E-state index is 12.6. The second-order valence-corrected chi connectivity index (χ2v) is 8.16. The summed E-state index contributed by atoms with van der Waals surface area (Å²) in [6.07, 6.45) is 0. The Bertz CT molecular complexity index is 971. The van der Waals surface area contributed by atoms with Gasteiger partial charge < -0.3 is 0 Å². The van der Waals surface area contributed by atoms with Crippen LogP contribution in [0.2, 0.25) is 0 Å². The highest BCUT2D eigenvalue weighted by Gasteiger charge is 2.23. The third-order valence-electron chi connectivity index (χ3n) is 4.08. The number of hydrogen-bond acceptors (Lipinski definition) is 4. The fourth-order valence-corrected chi connectivity index (χ4v) is 3.80. The van der Waals surface area contributed by atoms with Crippen LogP contribution in [0.1, 0.15) is 0 Å². The summed E-state index contributed by atoms with van der Waals surface area (Å²) in [6, 6.07) is 26.7. The summed E-state index contributed by atoms with van der Waals surface area (Å²) in [5.74, 6) is -0.449. The third-order valence-corrected chi connectivity index (χ3v) is 5.90. The number of anilines is 2. The van der Waals surface area contributed by atoms with Gasteiger partial charge in [-0.3, -0.25) is 15.2 Å². The van der Waals surface area contributed by atoms with Gasteiger partial charge in [0.05, 0.1) is 22.8 Å². The van der Waals surface area contributed by atoms with Crippen molar-refractivity contribution >= 4 is 27.3 Å². The lowest BCUT2D eigenvalue weighted by atomic mass is 10.2. The Hall–Kier alpha value is -3.16. The van der Waals surface area contributed by atoms with E-state index in [4.69, 9.17) is 0 Å². The minimum absolute atomic E-state index is 0.147. The highest BCUT2D eigenvalue weighted by molar-refractivity contribution is 7.89. The molecule has 0 aliphatic heterocycles. The van der Waals surface area contributed by atoms with Crippen LogP contribution in [0.15, 0.2) is 95.9 Å². The molecule has 0 aliphatic carbocycles. The number of nitrogens with zero attached hydrogens (tertiary/aromatic N) is 2. The Morgan fingerprint density at radius 1 is 0.786 bits per heavy atom. The molecule has 144 valence electrons. The van der Waals surface area contributed by atoms with Crippen LogP contribution in [0, 0.1) is 0 Å². The average Bonchev–Trinajstić information content (AvgIpc) is 2.74. The number of nitrogens with one attached hydrogen (secondary N) is 1. The Morgan fingerprint density at radius 3 is 1.68 bits per heavy atom. The zero-order valence-corrected chi connectivity index (χ0v) is 16.2. The highest BCUT2D eigenvalue weighted by Crippen LogP contribution is 2.22. The van der Waals surface area contributed by atoms with Crippen LogP contribution in [0.4, 0.5) is 11.4 Å². The molecule has 0 heterocycles. The number of carbonyl (C=O) groups is 1. The second kappa shape index (κ2) is 8.69. The summed E-state index contributed by atoms with van der Waals surface area (Å²) in [6.45, 7) is -0.312. The van der Waals surface area contributed by atoms with Gasteiger partial charge in [0.25, 0.3) is 5.91 Å². The normalized spacial score (nSPS) is 11.2. The topological polar surface area (TPSA) is 69.7 Å². The fraction of sp³-hybridized carbons (Fsp3) is 0.0952. The van der Waals surface area contributed by atoms with Gasteiger partial charge >= 0.3 is 0 Å². The summed E-state index contributed by atoms with van der Waals surface area (Å²) >= 11 is 0. The van der Waals surface area contributed by atoms with Crippen LogP contribution in [-0.4, -0.2) is 32.2 Å². The third kappa shape index (κ3) is 4.57. The van der Waals surface area contributed by atoms with Crippen LogP contribution in [0.3, 0.4) is 0 Å². The van der Waals surface area contributed by atoms with E-state index in [0.717, 1.165) is 15.7 Å². The van der Waals surface area contributed by atoms with Crippen molar-refractivity contribution in [3.05, 3.63) is 91.0 Å². The van der Waals surface area contributed by atoms with E-state index in [2.05, 4.69) is 5.43 Å². The molecule has 0 saturated carbocycles. The molecule has 0 fully saturated rings. The van der Waals surface area contributed by atoms with Crippen molar-refractivity contribution in [1.82, 2.24) is 9.73 Å². The van der Waals surface area contributed by atoms with Crippen LogP contribution in [-0.2, 0) is 14.8 Å². The van der Waals surface area contributed by atoms with Gasteiger partial charge in [0.2, 0.25) is 10.0 Å². The van der Waals surface area contributed by atoms with Crippen molar-refractivity contribution in [2.24, 2.45) is 0 Å². The van der Waals surface area contributed by atoms with Crippen molar-refractivity contribution in [3.8, 4) is 0 Å². The fourth-order valence-electron chi connectivity index (χ4n) is 2.65. The molecule has 3 aromatic carbocycles. The zero-order chi connectivity index (χ0) is 20.0. The standard InChI is InChI=1S/C21H21N3O3S/c1-23(28(26,27)20-15-9-4-10-16-20)17-21(25)22-24(18-11-5-2-6-12-18)19-13-7-3-8-14-19/h2-16H,17H2,1H3,(H,22,25).